The lowest BCUT2D eigenvalue weighted by atomic mass is 10.1. The van der Waals surface area contributed by atoms with Gasteiger partial charge in [0.25, 0.3) is 0 Å². The number of nitrogens with zero attached hydrogens (tertiary/aromatic N) is 2. The second-order valence-electron chi connectivity index (χ2n) is 5.25. The first kappa shape index (κ1) is 14.6. The minimum Gasteiger partial charge on any atom is -0.323 e. The summed E-state index contributed by atoms with van der Waals surface area (Å²) in [5.74, 6) is -0.214. The van der Waals surface area contributed by atoms with Crippen molar-refractivity contribution in [2.75, 3.05) is 16.8 Å². The first-order chi connectivity index (χ1) is 10.5. The monoisotopic (exact) mass is 317 g/mol. The molecule has 1 aliphatic rings. The molecule has 1 fully saturated rings. The van der Waals surface area contributed by atoms with E-state index in [0.717, 1.165) is 5.56 Å². The molecule has 114 valence electrons. The van der Waals surface area contributed by atoms with Crippen molar-refractivity contribution in [2.45, 2.75) is 6.42 Å². The molecule has 6 nitrogen and oxygen atoms in total. The number of benzene rings is 1. The lowest BCUT2D eigenvalue weighted by Gasteiger charge is -2.09. The molecule has 2 heterocycles. The van der Waals surface area contributed by atoms with Gasteiger partial charge in [-0.15, -0.1) is 0 Å². The molecule has 1 N–H and O–H groups in total. The molecule has 7 heteroatoms. The van der Waals surface area contributed by atoms with E-state index in [4.69, 9.17) is 0 Å². The van der Waals surface area contributed by atoms with Crippen LogP contribution in [0.1, 0.15) is 6.42 Å². The molecule has 0 bridgehead atoms. The van der Waals surface area contributed by atoms with Gasteiger partial charge < -0.3 is 5.32 Å². The summed E-state index contributed by atoms with van der Waals surface area (Å²) in [4.78, 5) is 20.5. The third-order valence-electron chi connectivity index (χ3n) is 3.55. The summed E-state index contributed by atoms with van der Waals surface area (Å²) < 4.78 is 22.8. The van der Waals surface area contributed by atoms with Crippen LogP contribution in [0.3, 0.4) is 0 Å². The predicted molar refractivity (Wildman–Crippen MR) is 82.9 cm³/mol. The third-order valence-corrected chi connectivity index (χ3v) is 5.32. The van der Waals surface area contributed by atoms with Gasteiger partial charge in [-0.3, -0.25) is 4.79 Å². The lowest BCUT2D eigenvalue weighted by molar-refractivity contribution is -0.119. The fraction of sp³-hybridized carbons (Fsp3) is 0.267. The first-order valence-electron chi connectivity index (χ1n) is 6.92. The van der Waals surface area contributed by atoms with Gasteiger partial charge in [-0.2, -0.15) is 0 Å². The van der Waals surface area contributed by atoms with Crippen molar-refractivity contribution >= 4 is 21.4 Å². The van der Waals surface area contributed by atoms with Gasteiger partial charge in [-0.25, -0.2) is 18.4 Å². The van der Waals surface area contributed by atoms with E-state index >= 15 is 0 Å². The number of sulfone groups is 1. The summed E-state index contributed by atoms with van der Waals surface area (Å²) in [5, 5.41) is 2.67. The van der Waals surface area contributed by atoms with E-state index in [1.54, 1.807) is 0 Å². The van der Waals surface area contributed by atoms with Gasteiger partial charge in [-0.05, 0) is 6.42 Å². The Morgan fingerprint density at radius 3 is 2.41 bits per heavy atom. The number of carbonyl (C=O) groups is 1. The minimum atomic E-state index is -3.07. The molecule has 1 unspecified atom stereocenters. The smallest absolute Gasteiger partial charge is 0.228 e. The molecule has 1 atom stereocenters. The van der Waals surface area contributed by atoms with Gasteiger partial charge in [-0.1, -0.05) is 30.3 Å². The number of carbonyl (C=O) groups excluding carboxylic acids is 1. The summed E-state index contributed by atoms with van der Waals surface area (Å²) >= 11 is 0. The molecule has 0 aliphatic carbocycles. The molecule has 22 heavy (non-hydrogen) atoms. The lowest BCUT2D eigenvalue weighted by Crippen LogP contribution is -2.23. The van der Waals surface area contributed by atoms with Crippen LogP contribution >= 0.6 is 0 Å². The van der Waals surface area contributed by atoms with Crippen molar-refractivity contribution in [3.8, 4) is 11.4 Å². The molecule has 0 saturated carbocycles. The van der Waals surface area contributed by atoms with Crippen molar-refractivity contribution in [3.63, 3.8) is 0 Å². The summed E-state index contributed by atoms with van der Waals surface area (Å²) in [6.07, 6.45) is 3.42. The van der Waals surface area contributed by atoms with E-state index in [9.17, 15) is 13.2 Å². The van der Waals surface area contributed by atoms with E-state index < -0.39 is 15.8 Å². The molecule has 0 radical (unpaired) electrons. The fourth-order valence-corrected chi connectivity index (χ4v) is 4.12. The van der Waals surface area contributed by atoms with Crippen LogP contribution in [0.25, 0.3) is 11.4 Å². The summed E-state index contributed by atoms with van der Waals surface area (Å²) in [6, 6.07) is 9.51. The van der Waals surface area contributed by atoms with Crippen molar-refractivity contribution < 1.29 is 13.2 Å². The van der Waals surface area contributed by atoms with Gasteiger partial charge >= 0.3 is 0 Å². The largest absolute Gasteiger partial charge is 0.323 e. The highest BCUT2D eigenvalue weighted by atomic mass is 32.2. The van der Waals surface area contributed by atoms with E-state index in [-0.39, 0.29) is 17.4 Å². The quantitative estimate of drug-likeness (QED) is 0.927. The normalized spacial score (nSPS) is 19.7. The number of aromatic nitrogens is 2. The second kappa shape index (κ2) is 5.84. The number of nitrogens with one attached hydrogen (secondary N) is 1. The van der Waals surface area contributed by atoms with Gasteiger partial charge in [0.15, 0.2) is 15.7 Å². The first-order valence-corrected chi connectivity index (χ1v) is 8.74. The molecule has 2 aromatic rings. The maximum Gasteiger partial charge on any atom is 0.228 e. The Balaban J connectivity index is 1.68. The Labute approximate surface area is 128 Å². The van der Waals surface area contributed by atoms with Crippen LogP contribution in [0, 0.1) is 5.92 Å². The van der Waals surface area contributed by atoms with Crippen LogP contribution in [0.15, 0.2) is 42.7 Å². The Hall–Kier alpha value is -2.28. The molecular formula is C15H15N3O3S. The standard InChI is InChI=1S/C15H15N3O3S/c19-15(12-6-7-22(20,21)10-12)18-13-8-16-14(17-9-13)11-4-2-1-3-5-11/h1-5,8-9,12H,6-7,10H2,(H,18,19). The Morgan fingerprint density at radius 1 is 1.14 bits per heavy atom. The zero-order valence-electron chi connectivity index (χ0n) is 11.8. The predicted octanol–water partition coefficient (Wildman–Crippen LogP) is 1.52. The summed E-state index contributed by atoms with van der Waals surface area (Å²) in [6.45, 7) is 0. The molecular weight excluding hydrogens is 302 g/mol. The number of amides is 1. The van der Waals surface area contributed by atoms with Gasteiger partial charge in [0.2, 0.25) is 5.91 Å². The average Bonchev–Trinajstić information content (AvgIpc) is 2.89. The zero-order chi connectivity index (χ0) is 15.6. The topological polar surface area (TPSA) is 89.0 Å². The van der Waals surface area contributed by atoms with Crippen LogP contribution in [0.5, 0.6) is 0 Å². The highest BCUT2D eigenvalue weighted by Crippen LogP contribution is 2.20. The summed E-state index contributed by atoms with van der Waals surface area (Å²) in [5.41, 5.74) is 1.36. The summed E-state index contributed by atoms with van der Waals surface area (Å²) in [7, 11) is -3.07. The van der Waals surface area contributed by atoms with Gasteiger partial charge in [0.05, 0.1) is 35.5 Å². The van der Waals surface area contributed by atoms with Gasteiger partial charge in [0.1, 0.15) is 0 Å². The van der Waals surface area contributed by atoms with E-state index in [1.165, 1.54) is 12.4 Å². The number of hydrogen-bond acceptors (Lipinski definition) is 5. The minimum absolute atomic E-state index is 0.0779. The van der Waals surface area contributed by atoms with Crippen molar-refractivity contribution in [2.24, 2.45) is 5.92 Å². The Bertz CT molecular complexity index is 773. The number of rotatable bonds is 3. The zero-order valence-corrected chi connectivity index (χ0v) is 12.6. The third kappa shape index (κ3) is 3.30. The van der Waals surface area contributed by atoms with E-state index in [0.29, 0.717) is 17.9 Å². The van der Waals surface area contributed by atoms with Crippen molar-refractivity contribution in [1.82, 2.24) is 9.97 Å². The van der Waals surface area contributed by atoms with Crippen LogP contribution in [-0.4, -0.2) is 35.8 Å². The van der Waals surface area contributed by atoms with Crippen LogP contribution < -0.4 is 5.32 Å². The Morgan fingerprint density at radius 2 is 1.82 bits per heavy atom. The number of hydrogen-bond donors (Lipinski definition) is 1. The van der Waals surface area contributed by atoms with Crippen molar-refractivity contribution in [3.05, 3.63) is 42.7 Å². The highest BCUT2D eigenvalue weighted by molar-refractivity contribution is 7.91. The molecule has 1 aliphatic heterocycles. The molecule has 0 spiro atoms. The second-order valence-corrected chi connectivity index (χ2v) is 7.48. The van der Waals surface area contributed by atoms with E-state index in [2.05, 4.69) is 15.3 Å². The molecule has 3 rings (SSSR count). The highest BCUT2D eigenvalue weighted by Gasteiger charge is 2.32. The van der Waals surface area contributed by atoms with E-state index in [1.807, 2.05) is 30.3 Å². The molecule has 1 aromatic heterocycles. The molecule has 1 saturated heterocycles. The number of anilines is 1. The average molecular weight is 317 g/mol. The van der Waals surface area contributed by atoms with Gasteiger partial charge in [0, 0.05) is 5.56 Å². The fourth-order valence-electron chi connectivity index (χ4n) is 2.37. The Kier molecular flexibility index (Phi) is 3.89. The maximum absolute atomic E-state index is 12.0. The maximum atomic E-state index is 12.0. The molecule has 1 aromatic carbocycles. The van der Waals surface area contributed by atoms with Crippen LogP contribution in [-0.2, 0) is 14.6 Å². The van der Waals surface area contributed by atoms with Crippen LogP contribution in [0.2, 0.25) is 0 Å². The van der Waals surface area contributed by atoms with Crippen molar-refractivity contribution in [1.29, 1.82) is 0 Å². The van der Waals surface area contributed by atoms with Crippen LogP contribution in [0.4, 0.5) is 5.69 Å². The SMILES string of the molecule is O=C(Nc1cnc(-c2ccccc2)nc1)C1CCS(=O)(=O)C1. The molecule has 1 amide bonds.